The molecule has 1 fully saturated rings. The third-order valence-electron chi connectivity index (χ3n) is 5.21. The Morgan fingerprint density at radius 3 is 2.48 bits per heavy atom. The molecule has 2 heterocycles. The fourth-order valence-electron chi connectivity index (χ4n) is 3.74. The van der Waals surface area contributed by atoms with E-state index in [-0.39, 0.29) is 18.5 Å². The van der Waals surface area contributed by atoms with E-state index in [0.717, 1.165) is 23.1 Å². The van der Waals surface area contributed by atoms with Crippen molar-refractivity contribution in [2.45, 2.75) is 24.6 Å². The van der Waals surface area contributed by atoms with E-state index in [1.807, 2.05) is 0 Å². The first-order chi connectivity index (χ1) is 14.7. The van der Waals surface area contributed by atoms with Gasteiger partial charge in [-0.15, -0.1) is 0 Å². The summed E-state index contributed by atoms with van der Waals surface area (Å²) in [6.07, 6.45) is -5.00. The molecule has 0 bridgehead atoms. The van der Waals surface area contributed by atoms with Crippen LogP contribution in [0, 0.1) is 0 Å². The predicted molar refractivity (Wildman–Crippen MR) is 103 cm³/mol. The number of carbonyl (C=O) groups excluding carboxylic acids is 2. The van der Waals surface area contributed by atoms with Crippen molar-refractivity contribution in [2.24, 2.45) is 5.16 Å². The van der Waals surface area contributed by atoms with E-state index >= 15 is 0 Å². The second-order valence-electron chi connectivity index (χ2n) is 7.10. The van der Waals surface area contributed by atoms with E-state index in [0.29, 0.717) is 22.8 Å². The predicted octanol–water partition coefficient (Wildman–Crippen LogP) is 3.55. The summed E-state index contributed by atoms with van der Waals surface area (Å²) in [5.41, 5.74) is -1.86. The molecule has 10 heteroatoms. The Bertz CT molecular complexity index is 1100. The molecular weight excluding hydrogens is 417 g/mol. The summed E-state index contributed by atoms with van der Waals surface area (Å²) in [5.74, 6) is -0.602. The lowest BCUT2D eigenvalue weighted by atomic mass is 9.92. The van der Waals surface area contributed by atoms with Crippen LogP contribution >= 0.6 is 0 Å². The number of rotatable bonds is 4. The van der Waals surface area contributed by atoms with Gasteiger partial charge in [0.25, 0.3) is 5.91 Å². The van der Waals surface area contributed by atoms with Crippen LogP contribution in [0.2, 0.25) is 0 Å². The molecule has 2 aromatic rings. The second-order valence-corrected chi connectivity index (χ2v) is 7.10. The molecule has 0 aromatic heterocycles. The molecule has 0 aliphatic carbocycles. The monoisotopic (exact) mass is 434 g/mol. The minimum Gasteiger partial charge on any atom is -0.493 e. The fraction of sp³-hybridized carbons (Fsp3) is 0.286. The molecule has 2 amide bonds. The molecule has 7 nitrogen and oxygen atoms in total. The second kappa shape index (κ2) is 7.29. The van der Waals surface area contributed by atoms with Crippen molar-refractivity contribution in [1.29, 1.82) is 0 Å². The highest BCUT2D eigenvalue weighted by Crippen LogP contribution is 2.42. The van der Waals surface area contributed by atoms with E-state index in [1.54, 1.807) is 18.2 Å². The molecule has 1 atom stereocenters. The largest absolute Gasteiger partial charge is 0.493 e. The molecular formula is C21H17F3N2O5. The number of alkyl halides is 3. The van der Waals surface area contributed by atoms with Gasteiger partial charge in [-0.05, 0) is 30.3 Å². The topological polar surface area (TPSA) is 77.4 Å². The average Bonchev–Trinajstić information content (AvgIpc) is 3.27. The van der Waals surface area contributed by atoms with Gasteiger partial charge in [-0.25, -0.2) is 4.90 Å². The number of hydrogen-bond donors (Lipinski definition) is 0. The quantitative estimate of drug-likeness (QED) is 0.688. The van der Waals surface area contributed by atoms with Crippen LogP contribution in [-0.2, 0) is 20.6 Å². The maximum Gasteiger partial charge on any atom is 0.416 e. The van der Waals surface area contributed by atoms with E-state index in [1.165, 1.54) is 20.3 Å². The highest BCUT2D eigenvalue weighted by Gasteiger charge is 2.58. The summed E-state index contributed by atoms with van der Waals surface area (Å²) in [4.78, 5) is 31.9. The number of anilines is 1. The lowest BCUT2D eigenvalue weighted by molar-refractivity contribution is -0.138. The first-order valence-corrected chi connectivity index (χ1v) is 9.21. The molecule has 1 unspecified atom stereocenters. The van der Waals surface area contributed by atoms with Gasteiger partial charge in [-0.2, -0.15) is 13.2 Å². The summed E-state index contributed by atoms with van der Waals surface area (Å²) in [6, 6.07) is 9.14. The van der Waals surface area contributed by atoms with Crippen molar-refractivity contribution in [2.75, 3.05) is 19.1 Å². The summed E-state index contributed by atoms with van der Waals surface area (Å²) in [5, 5.41) is 4.00. The molecule has 0 radical (unpaired) electrons. The number of oxime groups is 1. The van der Waals surface area contributed by atoms with Crippen LogP contribution in [0.25, 0.3) is 0 Å². The SMILES string of the molecule is COc1cccc(C2=NOC3(CC(=O)N(c4cccc(C(F)(F)F)c4)C3=O)C2)c1OC. The zero-order chi connectivity index (χ0) is 22.4. The van der Waals surface area contributed by atoms with E-state index in [4.69, 9.17) is 14.3 Å². The van der Waals surface area contributed by atoms with Crippen LogP contribution in [0.15, 0.2) is 47.6 Å². The van der Waals surface area contributed by atoms with Gasteiger partial charge in [0, 0.05) is 12.0 Å². The normalized spacial score (nSPS) is 20.8. The van der Waals surface area contributed by atoms with Crippen LogP contribution in [0.3, 0.4) is 0 Å². The number of methoxy groups -OCH3 is 2. The van der Waals surface area contributed by atoms with Crippen LogP contribution in [0.5, 0.6) is 11.5 Å². The Kier molecular flexibility index (Phi) is 4.87. The highest BCUT2D eigenvalue weighted by molar-refractivity contribution is 6.26. The third kappa shape index (κ3) is 3.37. The Labute approximate surface area is 175 Å². The standard InChI is InChI=1S/C21H17F3N2O5/c1-29-16-8-4-7-14(18(16)30-2)15-10-20(31-25-15)11-17(27)26(19(20)28)13-6-3-5-12(9-13)21(22,23)24/h3-9H,10-11H2,1-2H3. The number of halogens is 3. The molecule has 0 N–H and O–H groups in total. The Morgan fingerprint density at radius 1 is 1.06 bits per heavy atom. The summed E-state index contributed by atoms with van der Waals surface area (Å²) in [6.45, 7) is 0. The Hall–Kier alpha value is -3.56. The fourth-order valence-corrected chi connectivity index (χ4v) is 3.74. The zero-order valence-electron chi connectivity index (χ0n) is 16.5. The van der Waals surface area contributed by atoms with Gasteiger partial charge >= 0.3 is 6.18 Å². The number of benzene rings is 2. The van der Waals surface area contributed by atoms with Gasteiger partial charge in [-0.1, -0.05) is 17.3 Å². The number of carbonyl (C=O) groups is 2. The number of hydrogen-bond acceptors (Lipinski definition) is 6. The maximum absolute atomic E-state index is 13.1. The molecule has 0 saturated carbocycles. The number of ether oxygens (including phenoxy) is 2. The first-order valence-electron chi connectivity index (χ1n) is 9.21. The lowest BCUT2D eigenvalue weighted by Gasteiger charge is -2.20. The minimum absolute atomic E-state index is 0.0451. The summed E-state index contributed by atoms with van der Waals surface area (Å²) >= 11 is 0. The van der Waals surface area contributed by atoms with Gasteiger partial charge in [0.05, 0.1) is 37.6 Å². The van der Waals surface area contributed by atoms with Crippen molar-refractivity contribution in [3.8, 4) is 11.5 Å². The molecule has 1 spiro atoms. The molecule has 2 aliphatic heterocycles. The zero-order valence-corrected chi connectivity index (χ0v) is 16.5. The molecule has 2 aliphatic rings. The minimum atomic E-state index is -4.61. The molecule has 162 valence electrons. The van der Waals surface area contributed by atoms with E-state index in [9.17, 15) is 22.8 Å². The van der Waals surface area contributed by atoms with Crippen LogP contribution in [0.1, 0.15) is 24.0 Å². The number of imide groups is 1. The Balaban J connectivity index is 1.64. The molecule has 1 saturated heterocycles. The molecule has 2 aromatic carbocycles. The van der Waals surface area contributed by atoms with Gasteiger partial charge in [0.2, 0.25) is 11.5 Å². The third-order valence-corrected chi connectivity index (χ3v) is 5.21. The average molecular weight is 434 g/mol. The van der Waals surface area contributed by atoms with Crippen molar-refractivity contribution in [3.63, 3.8) is 0 Å². The highest BCUT2D eigenvalue weighted by atomic mass is 19.4. The van der Waals surface area contributed by atoms with Crippen LogP contribution in [0.4, 0.5) is 18.9 Å². The summed E-state index contributed by atoms with van der Waals surface area (Å²) in [7, 11) is 2.93. The maximum atomic E-state index is 13.1. The number of para-hydroxylation sites is 1. The smallest absolute Gasteiger partial charge is 0.416 e. The number of nitrogens with zero attached hydrogens (tertiary/aromatic N) is 2. The summed E-state index contributed by atoms with van der Waals surface area (Å²) < 4.78 is 49.8. The molecule has 4 rings (SSSR count). The van der Waals surface area contributed by atoms with E-state index in [2.05, 4.69) is 5.16 Å². The van der Waals surface area contributed by atoms with Crippen LogP contribution < -0.4 is 14.4 Å². The van der Waals surface area contributed by atoms with Gasteiger partial charge in [-0.3, -0.25) is 9.59 Å². The van der Waals surface area contributed by atoms with Crippen LogP contribution in [-0.4, -0.2) is 37.3 Å². The van der Waals surface area contributed by atoms with Crippen molar-refractivity contribution in [3.05, 3.63) is 53.6 Å². The van der Waals surface area contributed by atoms with Gasteiger partial charge in [0.15, 0.2) is 11.5 Å². The first kappa shape index (κ1) is 20.7. The van der Waals surface area contributed by atoms with Crippen molar-refractivity contribution >= 4 is 23.2 Å². The number of amides is 2. The lowest BCUT2D eigenvalue weighted by Crippen LogP contribution is -2.41. The van der Waals surface area contributed by atoms with Gasteiger partial charge < -0.3 is 14.3 Å². The Morgan fingerprint density at radius 2 is 1.81 bits per heavy atom. The van der Waals surface area contributed by atoms with Crippen molar-refractivity contribution in [1.82, 2.24) is 0 Å². The molecule has 31 heavy (non-hydrogen) atoms. The van der Waals surface area contributed by atoms with E-state index < -0.39 is 29.2 Å². The van der Waals surface area contributed by atoms with Crippen molar-refractivity contribution < 1.29 is 37.1 Å². The van der Waals surface area contributed by atoms with Gasteiger partial charge in [0.1, 0.15) is 0 Å².